The van der Waals surface area contributed by atoms with Gasteiger partial charge < -0.3 is 9.47 Å². The second-order valence-corrected chi connectivity index (χ2v) is 10.6. The highest BCUT2D eigenvalue weighted by molar-refractivity contribution is 7.99. The Kier molecular flexibility index (Phi) is 7.88. The second kappa shape index (κ2) is 10.8. The van der Waals surface area contributed by atoms with Crippen molar-refractivity contribution in [3.05, 3.63) is 51.1 Å². The third-order valence-corrected chi connectivity index (χ3v) is 7.81. The van der Waals surface area contributed by atoms with Crippen molar-refractivity contribution in [2.75, 3.05) is 12.4 Å². The molecule has 1 aliphatic heterocycles. The van der Waals surface area contributed by atoms with Gasteiger partial charge in [-0.1, -0.05) is 63.6 Å². The maximum Gasteiger partial charge on any atom is 0.316 e. The number of carbonyl (C=O) groups is 1. The molecule has 0 fully saturated rings. The molecule has 0 aliphatic carbocycles. The lowest BCUT2D eigenvalue weighted by Gasteiger charge is -2.26. The molecule has 4 rings (SSSR count). The number of ether oxygens (including phenoxy) is 2. The summed E-state index contributed by atoms with van der Waals surface area (Å²) in [6.45, 7) is 7.33. The molecule has 0 saturated carbocycles. The summed E-state index contributed by atoms with van der Waals surface area (Å²) in [4.78, 5) is 32.7. The minimum absolute atomic E-state index is 0.0908. The first-order chi connectivity index (χ1) is 16.0. The molecule has 0 bridgehead atoms. The molecule has 1 aromatic carbocycles. The normalized spacial score (nSPS) is 15.7. The molecule has 0 radical (unpaired) electrons. The first-order valence-electron chi connectivity index (χ1n) is 11.5. The predicted molar refractivity (Wildman–Crippen MR) is 134 cm³/mol. The average Bonchev–Trinajstić information content (AvgIpc) is 3.19. The van der Waals surface area contributed by atoms with E-state index in [1.807, 2.05) is 30.3 Å². The summed E-state index contributed by atoms with van der Waals surface area (Å²) in [7, 11) is 0. The number of esters is 1. The van der Waals surface area contributed by atoms with Crippen LogP contribution in [-0.2, 0) is 27.3 Å². The Balaban J connectivity index is 1.69. The number of benzene rings is 1. The molecule has 0 spiro atoms. The van der Waals surface area contributed by atoms with Gasteiger partial charge in [0, 0.05) is 11.3 Å². The topological polar surface area (TPSA) is 70.4 Å². The van der Waals surface area contributed by atoms with Crippen LogP contribution in [0, 0.1) is 5.92 Å². The van der Waals surface area contributed by atoms with Crippen LogP contribution in [0.5, 0.6) is 0 Å². The van der Waals surface area contributed by atoms with Crippen molar-refractivity contribution >= 4 is 39.3 Å². The van der Waals surface area contributed by atoms with Gasteiger partial charge in [-0.25, -0.2) is 4.98 Å². The van der Waals surface area contributed by atoms with Crippen LogP contribution in [0.1, 0.15) is 50.5 Å². The Morgan fingerprint density at radius 3 is 2.82 bits per heavy atom. The summed E-state index contributed by atoms with van der Waals surface area (Å²) in [5.74, 6) is 0.194. The molecule has 1 aliphatic rings. The van der Waals surface area contributed by atoms with Gasteiger partial charge in [-0.3, -0.25) is 14.2 Å². The first kappa shape index (κ1) is 24.0. The Morgan fingerprint density at radius 2 is 2.09 bits per heavy atom. The molecule has 1 unspecified atom stereocenters. The van der Waals surface area contributed by atoms with Crippen molar-refractivity contribution in [2.45, 2.75) is 64.3 Å². The van der Waals surface area contributed by atoms with Gasteiger partial charge in [0.1, 0.15) is 4.83 Å². The van der Waals surface area contributed by atoms with E-state index in [4.69, 9.17) is 14.5 Å². The largest absolute Gasteiger partial charge is 0.465 e. The molecule has 1 atom stereocenters. The number of thioether (sulfide) groups is 1. The van der Waals surface area contributed by atoms with Crippen molar-refractivity contribution in [3.8, 4) is 5.69 Å². The van der Waals surface area contributed by atoms with Crippen LogP contribution in [0.25, 0.3) is 15.9 Å². The van der Waals surface area contributed by atoms with Gasteiger partial charge in [0.05, 0.1) is 36.1 Å². The SMILES string of the molecule is CCCCCOC(=O)CSc1nc2sc3c(c2c(=O)n1-c1ccccc1)CC(C(C)C)OC3. The van der Waals surface area contributed by atoms with Crippen LogP contribution in [0.4, 0.5) is 0 Å². The molecular formula is C25H30N2O4S2. The Bertz CT molecular complexity index is 1170. The Morgan fingerprint density at radius 1 is 1.30 bits per heavy atom. The summed E-state index contributed by atoms with van der Waals surface area (Å²) in [5.41, 5.74) is 1.71. The van der Waals surface area contributed by atoms with E-state index in [2.05, 4.69) is 20.8 Å². The number of unbranched alkanes of at least 4 members (excludes halogenated alkanes) is 2. The average molecular weight is 487 g/mol. The van der Waals surface area contributed by atoms with E-state index in [1.165, 1.54) is 23.1 Å². The van der Waals surface area contributed by atoms with Gasteiger partial charge in [-0.2, -0.15) is 0 Å². The molecule has 6 nitrogen and oxygen atoms in total. The summed E-state index contributed by atoms with van der Waals surface area (Å²) in [6.07, 6.45) is 3.79. The summed E-state index contributed by atoms with van der Waals surface area (Å²) in [6, 6.07) is 9.49. The van der Waals surface area contributed by atoms with Crippen molar-refractivity contribution < 1.29 is 14.3 Å². The fourth-order valence-electron chi connectivity index (χ4n) is 3.94. The van der Waals surface area contributed by atoms with Gasteiger partial charge >= 0.3 is 5.97 Å². The van der Waals surface area contributed by atoms with Gasteiger partial charge in [0.25, 0.3) is 5.56 Å². The third kappa shape index (κ3) is 5.34. The number of carbonyl (C=O) groups excluding carboxylic acids is 1. The maximum atomic E-state index is 13.8. The Hall–Kier alpha value is -2.16. The smallest absolute Gasteiger partial charge is 0.316 e. The van der Waals surface area contributed by atoms with E-state index in [1.54, 1.807) is 4.57 Å². The lowest BCUT2D eigenvalue weighted by atomic mass is 9.96. The summed E-state index contributed by atoms with van der Waals surface area (Å²) < 4.78 is 13.0. The molecule has 176 valence electrons. The highest BCUT2D eigenvalue weighted by Gasteiger charge is 2.29. The van der Waals surface area contributed by atoms with E-state index in [0.29, 0.717) is 34.5 Å². The number of fused-ring (bicyclic) bond motifs is 3. The fraction of sp³-hybridized carbons (Fsp3) is 0.480. The van der Waals surface area contributed by atoms with Gasteiger partial charge in [0.2, 0.25) is 0 Å². The third-order valence-electron chi connectivity index (χ3n) is 5.80. The van der Waals surface area contributed by atoms with E-state index < -0.39 is 0 Å². The van der Waals surface area contributed by atoms with Gasteiger partial charge in [-0.15, -0.1) is 11.3 Å². The Labute approximate surface area is 202 Å². The molecule has 3 aromatic rings. The zero-order valence-electron chi connectivity index (χ0n) is 19.3. The number of thiophene rings is 1. The number of rotatable bonds is 9. The lowest BCUT2D eigenvalue weighted by molar-refractivity contribution is -0.140. The van der Waals surface area contributed by atoms with Crippen LogP contribution in [0.2, 0.25) is 0 Å². The van der Waals surface area contributed by atoms with E-state index in [-0.39, 0.29) is 23.4 Å². The molecule has 0 amide bonds. The lowest BCUT2D eigenvalue weighted by Crippen LogP contribution is -2.28. The maximum absolute atomic E-state index is 13.8. The standard InChI is InChI=1S/C25H30N2O4S2/c1-4-5-9-12-30-21(28)15-32-25-26-23-22(24(29)27(25)17-10-7-6-8-11-17)18-13-19(16(2)3)31-14-20(18)33-23/h6-8,10-11,16,19H,4-5,9,12-15H2,1-3H3. The van der Waals surface area contributed by atoms with E-state index in [0.717, 1.165) is 41.8 Å². The van der Waals surface area contributed by atoms with Crippen molar-refractivity contribution in [1.82, 2.24) is 9.55 Å². The van der Waals surface area contributed by atoms with Crippen LogP contribution < -0.4 is 5.56 Å². The number of aromatic nitrogens is 2. The zero-order valence-corrected chi connectivity index (χ0v) is 21.0. The van der Waals surface area contributed by atoms with Crippen LogP contribution in [0.15, 0.2) is 40.3 Å². The van der Waals surface area contributed by atoms with E-state index in [9.17, 15) is 9.59 Å². The minimum atomic E-state index is -0.288. The molecule has 3 heterocycles. The minimum Gasteiger partial charge on any atom is -0.465 e. The quantitative estimate of drug-likeness (QED) is 0.175. The summed E-state index contributed by atoms with van der Waals surface area (Å²) in [5, 5.41) is 1.18. The molecule has 0 N–H and O–H groups in total. The van der Waals surface area contributed by atoms with Crippen LogP contribution in [0.3, 0.4) is 0 Å². The molecule has 2 aromatic heterocycles. The van der Waals surface area contributed by atoms with Gasteiger partial charge in [0.15, 0.2) is 5.16 Å². The molecule has 8 heteroatoms. The monoisotopic (exact) mass is 486 g/mol. The van der Waals surface area contributed by atoms with Crippen LogP contribution >= 0.6 is 23.1 Å². The highest BCUT2D eigenvalue weighted by Crippen LogP contribution is 2.36. The molecule has 0 saturated heterocycles. The van der Waals surface area contributed by atoms with Crippen molar-refractivity contribution in [1.29, 1.82) is 0 Å². The number of hydrogen-bond acceptors (Lipinski definition) is 7. The predicted octanol–water partition coefficient (Wildman–Crippen LogP) is 5.37. The highest BCUT2D eigenvalue weighted by atomic mass is 32.2. The zero-order chi connectivity index (χ0) is 23.4. The van der Waals surface area contributed by atoms with Crippen molar-refractivity contribution in [2.24, 2.45) is 5.92 Å². The van der Waals surface area contributed by atoms with E-state index >= 15 is 0 Å². The molecule has 33 heavy (non-hydrogen) atoms. The van der Waals surface area contributed by atoms with Crippen molar-refractivity contribution in [3.63, 3.8) is 0 Å². The number of para-hydroxylation sites is 1. The second-order valence-electron chi connectivity index (χ2n) is 8.57. The fourth-order valence-corrected chi connectivity index (χ4v) is 5.92. The number of nitrogens with zero attached hydrogens (tertiary/aromatic N) is 2. The van der Waals surface area contributed by atoms with Crippen LogP contribution in [-0.4, -0.2) is 34.0 Å². The first-order valence-corrected chi connectivity index (χ1v) is 13.3. The summed E-state index contributed by atoms with van der Waals surface area (Å²) >= 11 is 2.77. The molecular weight excluding hydrogens is 456 g/mol. The van der Waals surface area contributed by atoms with Gasteiger partial charge in [-0.05, 0) is 30.0 Å². The number of hydrogen-bond donors (Lipinski definition) is 0.